The topological polar surface area (TPSA) is 62.5 Å². The molecule has 23 heavy (non-hydrogen) atoms. The van der Waals surface area contributed by atoms with Gasteiger partial charge >= 0.3 is 0 Å². The highest BCUT2D eigenvalue weighted by atomic mass is 127. The summed E-state index contributed by atoms with van der Waals surface area (Å²) in [5, 5.41) is 11.7. The summed E-state index contributed by atoms with van der Waals surface area (Å²) in [5.41, 5.74) is 0.995. The van der Waals surface area contributed by atoms with E-state index in [4.69, 9.17) is 4.52 Å². The molecule has 1 aliphatic carbocycles. The van der Waals surface area contributed by atoms with Gasteiger partial charge < -0.3 is 15.2 Å². The molecule has 0 aliphatic heterocycles. The molecular formula is C16H29IN4OS. The standard InChI is InChI=1S/C16H28N4OS.HI/c1-5-22-14-7-6-12(8-14)19-16(17-4)18-10-13-9-15(11(2)3)20-21-13;/h9,11-12,14H,5-8,10H2,1-4H3,(H2,17,18,19);1H. The number of nitrogens with zero attached hydrogens (tertiary/aromatic N) is 2. The van der Waals surface area contributed by atoms with Gasteiger partial charge in [-0.3, -0.25) is 4.99 Å². The Morgan fingerprint density at radius 2 is 2.26 bits per heavy atom. The number of guanidine groups is 1. The number of aliphatic imine (C=N–C) groups is 1. The minimum atomic E-state index is 0. The average molecular weight is 452 g/mol. The van der Waals surface area contributed by atoms with Crippen molar-refractivity contribution in [3.63, 3.8) is 0 Å². The van der Waals surface area contributed by atoms with Gasteiger partial charge in [0, 0.05) is 24.4 Å². The normalized spacial score (nSPS) is 21.3. The minimum absolute atomic E-state index is 0. The van der Waals surface area contributed by atoms with E-state index in [0.717, 1.165) is 22.7 Å². The van der Waals surface area contributed by atoms with E-state index < -0.39 is 0 Å². The minimum Gasteiger partial charge on any atom is -0.359 e. The maximum atomic E-state index is 5.34. The fourth-order valence-corrected chi connectivity index (χ4v) is 3.84. The van der Waals surface area contributed by atoms with Gasteiger partial charge in [0.15, 0.2) is 11.7 Å². The Hall–Kier alpha value is -0.440. The van der Waals surface area contributed by atoms with E-state index in [0.29, 0.717) is 18.5 Å². The molecule has 2 N–H and O–H groups in total. The summed E-state index contributed by atoms with van der Waals surface area (Å²) in [4.78, 5) is 4.31. The summed E-state index contributed by atoms with van der Waals surface area (Å²) in [7, 11) is 1.81. The summed E-state index contributed by atoms with van der Waals surface area (Å²) >= 11 is 2.07. The van der Waals surface area contributed by atoms with Crippen molar-refractivity contribution in [3.8, 4) is 0 Å². The summed E-state index contributed by atoms with van der Waals surface area (Å²) in [6.07, 6.45) is 3.74. The van der Waals surface area contributed by atoms with Gasteiger partial charge in [-0.25, -0.2) is 0 Å². The Morgan fingerprint density at radius 3 is 2.87 bits per heavy atom. The molecule has 1 saturated carbocycles. The molecule has 0 aromatic carbocycles. The van der Waals surface area contributed by atoms with E-state index in [-0.39, 0.29) is 24.0 Å². The molecule has 2 unspecified atom stereocenters. The number of hydrogen-bond donors (Lipinski definition) is 2. The first-order valence-electron chi connectivity index (χ1n) is 8.16. The van der Waals surface area contributed by atoms with Crippen LogP contribution in [0.15, 0.2) is 15.6 Å². The molecular weight excluding hydrogens is 423 g/mol. The lowest BCUT2D eigenvalue weighted by molar-refractivity contribution is 0.371. The molecule has 2 rings (SSSR count). The SMILES string of the molecule is CCSC1CCC(NC(=NC)NCc2cc(C(C)C)no2)C1.I. The number of nitrogens with one attached hydrogen (secondary N) is 2. The Balaban J connectivity index is 0.00000264. The molecule has 0 spiro atoms. The van der Waals surface area contributed by atoms with Crippen LogP contribution in [0.4, 0.5) is 0 Å². The summed E-state index contributed by atoms with van der Waals surface area (Å²) < 4.78 is 5.34. The Bertz CT molecular complexity index is 492. The lowest BCUT2D eigenvalue weighted by atomic mass is 10.1. The fraction of sp³-hybridized carbons (Fsp3) is 0.750. The summed E-state index contributed by atoms with van der Waals surface area (Å²) in [6, 6.07) is 2.53. The molecule has 2 atom stereocenters. The second-order valence-electron chi connectivity index (χ2n) is 6.03. The first-order valence-corrected chi connectivity index (χ1v) is 9.21. The van der Waals surface area contributed by atoms with Gasteiger partial charge in [-0.15, -0.1) is 24.0 Å². The number of halogens is 1. The lowest BCUT2D eigenvalue weighted by Gasteiger charge is -2.16. The Labute approximate surface area is 160 Å². The smallest absolute Gasteiger partial charge is 0.191 e. The molecule has 1 fully saturated rings. The molecule has 5 nitrogen and oxygen atoms in total. The van der Waals surface area contributed by atoms with Crippen molar-refractivity contribution in [1.82, 2.24) is 15.8 Å². The highest BCUT2D eigenvalue weighted by molar-refractivity contribution is 14.0. The van der Waals surface area contributed by atoms with Crippen molar-refractivity contribution in [2.45, 2.75) is 63.8 Å². The average Bonchev–Trinajstić information content (AvgIpc) is 3.13. The molecule has 1 aromatic heterocycles. The van der Waals surface area contributed by atoms with Crippen molar-refractivity contribution in [2.24, 2.45) is 4.99 Å². The summed E-state index contributed by atoms with van der Waals surface area (Å²) in [6.45, 7) is 7.06. The van der Waals surface area contributed by atoms with Gasteiger partial charge in [0.1, 0.15) is 0 Å². The maximum absolute atomic E-state index is 5.34. The van der Waals surface area contributed by atoms with Crippen LogP contribution in [0, 0.1) is 0 Å². The molecule has 0 bridgehead atoms. The first-order chi connectivity index (χ1) is 10.6. The number of rotatable bonds is 6. The van der Waals surface area contributed by atoms with Gasteiger partial charge in [-0.05, 0) is 30.9 Å². The molecule has 1 heterocycles. The quantitative estimate of drug-likeness (QED) is 0.391. The molecule has 1 aromatic rings. The largest absolute Gasteiger partial charge is 0.359 e. The Morgan fingerprint density at radius 1 is 1.48 bits per heavy atom. The van der Waals surface area contributed by atoms with Crippen molar-refractivity contribution in [1.29, 1.82) is 0 Å². The molecule has 0 amide bonds. The van der Waals surface area contributed by atoms with Crippen LogP contribution in [0.2, 0.25) is 0 Å². The highest BCUT2D eigenvalue weighted by Gasteiger charge is 2.25. The molecule has 0 radical (unpaired) electrons. The van der Waals surface area contributed by atoms with Crippen LogP contribution in [-0.2, 0) is 6.54 Å². The maximum Gasteiger partial charge on any atom is 0.191 e. The first kappa shape index (κ1) is 20.6. The lowest BCUT2D eigenvalue weighted by Crippen LogP contribution is -2.42. The van der Waals surface area contributed by atoms with Crippen molar-refractivity contribution < 1.29 is 4.52 Å². The van der Waals surface area contributed by atoms with Crippen LogP contribution < -0.4 is 10.6 Å². The van der Waals surface area contributed by atoms with Crippen molar-refractivity contribution in [3.05, 3.63) is 17.5 Å². The zero-order valence-electron chi connectivity index (χ0n) is 14.5. The van der Waals surface area contributed by atoms with Crippen molar-refractivity contribution >= 4 is 41.7 Å². The van der Waals surface area contributed by atoms with Crippen LogP contribution in [0.25, 0.3) is 0 Å². The van der Waals surface area contributed by atoms with E-state index in [9.17, 15) is 0 Å². The fourth-order valence-electron chi connectivity index (χ4n) is 2.70. The van der Waals surface area contributed by atoms with Gasteiger partial charge in [-0.1, -0.05) is 25.9 Å². The monoisotopic (exact) mass is 452 g/mol. The van der Waals surface area contributed by atoms with Gasteiger partial charge in [0.25, 0.3) is 0 Å². The third kappa shape index (κ3) is 6.52. The predicted molar refractivity (Wildman–Crippen MR) is 109 cm³/mol. The van der Waals surface area contributed by atoms with Gasteiger partial charge in [0.05, 0.1) is 12.2 Å². The third-order valence-electron chi connectivity index (χ3n) is 3.95. The molecule has 132 valence electrons. The van der Waals surface area contributed by atoms with Crippen LogP contribution in [0.3, 0.4) is 0 Å². The number of hydrogen-bond acceptors (Lipinski definition) is 4. The van der Waals surface area contributed by atoms with Gasteiger partial charge in [0.2, 0.25) is 0 Å². The molecule has 7 heteroatoms. The van der Waals surface area contributed by atoms with Crippen molar-refractivity contribution in [2.75, 3.05) is 12.8 Å². The summed E-state index contributed by atoms with van der Waals surface area (Å²) in [5.74, 6) is 3.28. The van der Waals surface area contributed by atoms with E-state index in [1.54, 1.807) is 0 Å². The second-order valence-corrected chi connectivity index (χ2v) is 7.61. The van der Waals surface area contributed by atoms with Crippen LogP contribution >= 0.6 is 35.7 Å². The van der Waals surface area contributed by atoms with E-state index >= 15 is 0 Å². The molecule has 1 aliphatic rings. The number of aromatic nitrogens is 1. The van der Waals surface area contributed by atoms with E-state index in [1.165, 1.54) is 25.0 Å². The molecule has 0 saturated heterocycles. The predicted octanol–water partition coefficient (Wildman–Crippen LogP) is 3.76. The third-order valence-corrected chi connectivity index (χ3v) is 5.18. The Kier molecular flexibility index (Phi) is 9.34. The van der Waals surface area contributed by atoms with Crippen LogP contribution in [0.5, 0.6) is 0 Å². The van der Waals surface area contributed by atoms with E-state index in [1.807, 2.05) is 13.1 Å². The van der Waals surface area contributed by atoms with Gasteiger partial charge in [-0.2, -0.15) is 11.8 Å². The van der Waals surface area contributed by atoms with Crippen LogP contribution in [0.1, 0.15) is 57.4 Å². The highest BCUT2D eigenvalue weighted by Crippen LogP contribution is 2.29. The van der Waals surface area contributed by atoms with Crippen LogP contribution in [-0.4, -0.2) is 35.2 Å². The zero-order valence-corrected chi connectivity index (χ0v) is 17.6. The van der Waals surface area contributed by atoms with E-state index in [2.05, 4.69) is 53.3 Å². The zero-order chi connectivity index (χ0) is 15.9. The second kappa shape index (κ2) is 10.4. The number of thioether (sulfide) groups is 1.